The number of hydrogen-bond donors (Lipinski definition) is 1. The second kappa shape index (κ2) is 6.16. The Balaban J connectivity index is 1.84. The lowest BCUT2D eigenvalue weighted by Gasteiger charge is -2.09. The maximum atomic E-state index is 13.8. The van der Waals surface area contributed by atoms with Gasteiger partial charge in [0.15, 0.2) is 17.5 Å². The molecule has 1 aromatic heterocycles. The Morgan fingerprint density at radius 2 is 1.70 bits per heavy atom. The number of rotatable bonds is 4. The molecule has 0 amide bonds. The molecule has 0 atom stereocenters. The molecule has 0 bridgehead atoms. The summed E-state index contributed by atoms with van der Waals surface area (Å²) in [4.78, 5) is 4.17. The summed E-state index contributed by atoms with van der Waals surface area (Å²) >= 11 is 0. The van der Waals surface area contributed by atoms with Crippen molar-refractivity contribution in [3.8, 4) is 0 Å². The minimum atomic E-state index is -1.46. The third-order valence-corrected chi connectivity index (χ3v) is 3.60. The molecule has 1 heterocycles. The Morgan fingerprint density at radius 1 is 0.957 bits per heavy atom. The molecular formula is C17H14F3N3. The molecule has 6 heteroatoms. The number of halogens is 3. The molecule has 0 fully saturated rings. The molecule has 2 aromatic carbocycles. The van der Waals surface area contributed by atoms with E-state index in [0.29, 0.717) is 18.1 Å². The minimum Gasteiger partial charge on any atom is -0.399 e. The molecular weight excluding hydrogens is 303 g/mol. The molecule has 3 nitrogen and oxygen atoms in total. The summed E-state index contributed by atoms with van der Waals surface area (Å²) in [6, 6.07) is 9.51. The second-order valence-electron chi connectivity index (χ2n) is 5.22. The van der Waals surface area contributed by atoms with Crippen molar-refractivity contribution in [1.82, 2.24) is 9.55 Å². The standard InChI is InChI=1S/C17H14F3N3/c18-14-6-3-12(16(19)17(14)20)9-15-22-7-8-23(15)10-11-1-4-13(21)5-2-11/h1-8H,9-10,21H2. The summed E-state index contributed by atoms with van der Waals surface area (Å²) < 4.78 is 41.9. The van der Waals surface area contributed by atoms with Crippen molar-refractivity contribution in [3.05, 3.63) is 83.2 Å². The van der Waals surface area contributed by atoms with Crippen LogP contribution in [0.1, 0.15) is 17.0 Å². The van der Waals surface area contributed by atoms with Crippen LogP contribution in [0, 0.1) is 17.5 Å². The Labute approximate surface area is 131 Å². The zero-order valence-electron chi connectivity index (χ0n) is 12.1. The summed E-state index contributed by atoms with van der Waals surface area (Å²) in [7, 11) is 0. The third-order valence-electron chi connectivity index (χ3n) is 3.60. The average molecular weight is 317 g/mol. The van der Waals surface area contributed by atoms with Crippen molar-refractivity contribution < 1.29 is 13.2 Å². The van der Waals surface area contributed by atoms with E-state index >= 15 is 0 Å². The predicted molar refractivity (Wildman–Crippen MR) is 81.3 cm³/mol. The van der Waals surface area contributed by atoms with Crippen molar-refractivity contribution in [2.75, 3.05) is 5.73 Å². The van der Waals surface area contributed by atoms with Gasteiger partial charge >= 0.3 is 0 Å². The van der Waals surface area contributed by atoms with Crippen LogP contribution >= 0.6 is 0 Å². The lowest BCUT2D eigenvalue weighted by Crippen LogP contribution is -2.07. The quantitative estimate of drug-likeness (QED) is 0.591. The lowest BCUT2D eigenvalue weighted by atomic mass is 10.1. The smallest absolute Gasteiger partial charge is 0.194 e. The van der Waals surface area contributed by atoms with E-state index in [2.05, 4.69) is 4.98 Å². The van der Waals surface area contributed by atoms with Crippen LogP contribution in [0.3, 0.4) is 0 Å². The van der Waals surface area contributed by atoms with Crippen LogP contribution < -0.4 is 5.73 Å². The first-order valence-corrected chi connectivity index (χ1v) is 7.01. The monoisotopic (exact) mass is 317 g/mol. The van der Waals surface area contributed by atoms with Crippen molar-refractivity contribution in [3.63, 3.8) is 0 Å². The number of hydrogen-bond acceptors (Lipinski definition) is 2. The van der Waals surface area contributed by atoms with Gasteiger partial charge in [0, 0.05) is 31.0 Å². The number of benzene rings is 2. The highest BCUT2D eigenvalue weighted by Crippen LogP contribution is 2.18. The normalized spacial score (nSPS) is 10.9. The number of anilines is 1. The molecule has 0 aliphatic carbocycles. The summed E-state index contributed by atoms with van der Waals surface area (Å²) in [5.74, 6) is -3.27. The highest BCUT2D eigenvalue weighted by atomic mass is 19.2. The van der Waals surface area contributed by atoms with Crippen molar-refractivity contribution in [1.29, 1.82) is 0 Å². The fourth-order valence-electron chi connectivity index (χ4n) is 2.34. The second-order valence-corrected chi connectivity index (χ2v) is 5.22. The highest BCUT2D eigenvalue weighted by molar-refractivity contribution is 5.39. The van der Waals surface area contributed by atoms with Gasteiger partial charge < -0.3 is 10.3 Å². The maximum Gasteiger partial charge on any atom is 0.194 e. The fraction of sp³-hybridized carbons (Fsp3) is 0.118. The van der Waals surface area contributed by atoms with Gasteiger partial charge in [0.1, 0.15) is 5.82 Å². The van der Waals surface area contributed by atoms with Gasteiger partial charge in [0.2, 0.25) is 0 Å². The molecule has 118 valence electrons. The first kappa shape index (κ1) is 15.1. The van der Waals surface area contributed by atoms with Crippen LogP contribution in [0.5, 0.6) is 0 Å². The number of nitrogen functional groups attached to an aromatic ring is 1. The molecule has 0 radical (unpaired) electrons. The molecule has 3 aromatic rings. The van der Waals surface area contributed by atoms with Crippen molar-refractivity contribution in [2.24, 2.45) is 0 Å². The van der Waals surface area contributed by atoms with E-state index in [9.17, 15) is 13.2 Å². The minimum absolute atomic E-state index is 0.0636. The highest BCUT2D eigenvalue weighted by Gasteiger charge is 2.15. The van der Waals surface area contributed by atoms with Gasteiger partial charge in [-0.05, 0) is 29.3 Å². The average Bonchev–Trinajstić information content (AvgIpc) is 2.97. The topological polar surface area (TPSA) is 43.8 Å². The van der Waals surface area contributed by atoms with Crippen LogP contribution in [0.25, 0.3) is 0 Å². The first-order valence-electron chi connectivity index (χ1n) is 7.01. The summed E-state index contributed by atoms with van der Waals surface area (Å²) in [6.45, 7) is 0.529. The van der Waals surface area contributed by atoms with E-state index in [0.717, 1.165) is 11.6 Å². The SMILES string of the molecule is Nc1ccc(Cn2ccnc2Cc2ccc(F)c(F)c2F)cc1. The molecule has 2 N–H and O–H groups in total. The van der Waals surface area contributed by atoms with Crippen LogP contribution in [-0.4, -0.2) is 9.55 Å². The predicted octanol–water partition coefficient (Wildman–Crippen LogP) is 3.52. The van der Waals surface area contributed by atoms with Gasteiger partial charge in [-0.3, -0.25) is 0 Å². The van der Waals surface area contributed by atoms with Crippen LogP contribution in [0.4, 0.5) is 18.9 Å². The third kappa shape index (κ3) is 3.21. The van der Waals surface area contributed by atoms with Gasteiger partial charge in [-0.15, -0.1) is 0 Å². The van der Waals surface area contributed by atoms with E-state index in [-0.39, 0.29) is 12.0 Å². The zero-order chi connectivity index (χ0) is 16.4. The van der Waals surface area contributed by atoms with Gasteiger partial charge in [0.05, 0.1) is 0 Å². The van der Waals surface area contributed by atoms with Crippen molar-refractivity contribution in [2.45, 2.75) is 13.0 Å². The van der Waals surface area contributed by atoms with Gasteiger partial charge in [0.25, 0.3) is 0 Å². The molecule has 23 heavy (non-hydrogen) atoms. The molecule has 0 aliphatic heterocycles. The van der Waals surface area contributed by atoms with Crippen LogP contribution in [0.2, 0.25) is 0 Å². The Bertz CT molecular complexity index is 826. The number of nitrogens with two attached hydrogens (primary N) is 1. The van der Waals surface area contributed by atoms with E-state index < -0.39 is 17.5 Å². The van der Waals surface area contributed by atoms with E-state index in [4.69, 9.17) is 5.73 Å². The molecule has 0 saturated heterocycles. The van der Waals surface area contributed by atoms with Gasteiger partial charge in [-0.25, -0.2) is 18.2 Å². The summed E-state index contributed by atoms with van der Waals surface area (Å²) in [5.41, 5.74) is 7.39. The van der Waals surface area contributed by atoms with Crippen LogP contribution in [0.15, 0.2) is 48.8 Å². The van der Waals surface area contributed by atoms with Gasteiger partial charge in [-0.2, -0.15) is 0 Å². The molecule has 0 aliphatic rings. The molecule has 0 spiro atoms. The molecule has 0 saturated carbocycles. The van der Waals surface area contributed by atoms with Crippen molar-refractivity contribution >= 4 is 5.69 Å². The lowest BCUT2D eigenvalue weighted by molar-refractivity contribution is 0.441. The van der Waals surface area contributed by atoms with Gasteiger partial charge in [-0.1, -0.05) is 18.2 Å². The summed E-state index contributed by atoms with van der Waals surface area (Å²) in [5, 5.41) is 0. The number of nitrogens with zero attached hydrogens (tertiary/aromatic N) is 2. The first-order chi connectivity index (χ1) is 11.0. The Hall–Kier alpha value is -2.76. The van der Waals surface area contributed by atoms with E-state index in [1.54, 1.807) is 24.5 Å². The summed E-state index contributed by atoms with van der Waals surface area (Å²) in [6.07, 6.45) is 3.42. The molecule has 3 rings (SSSR count). The maximum absolute atomic E-state index is 13.8. The largest absolute Gasteiger partial charge is 0.399 e. The Morgan fingerprint density at radius 3 is 2.43 bits per heavy atom. The fourth-order valence-corrected chi connectivity index (χ4v) is 2.34. The Kier molecular flexibility index (Phi) is 4.06. The number of imidazole rings is 1. The van der Waals surface area contributed by atoms with E-state index in [1.165, 1.54) is 6.07 Å². The zero-order valence-corrected chi connectivity index (χ0v) is 12.1. The molecule has 0 unspecified atom stereocenters. The van der Waals surface area contributed by atoms with E-state index in [1.807, 2.05) is 16.7 Å². The van der Waals surface area contributed by atoms with Crippen LogP contribution in [-0.2, 0) is 13.0 Å². The number of aromatic nitrogens is 2.